The van der Waals surface area contributed by atoms with Crippen molar-refractivity contribution in [3.63, 3.8) is 0 Å². The van der Waals surface area contributed by atoms with E-state index >= 15 is 0 Å². The van der Waals surface area contributed by atoms with Crippen molar-refractivity contribution in [3.8, 4) is 6.07 Å². The van der Waals surface area contributed by atoms with Crippen molar-refractivity contribution in [2.24, 2.45) is 0 Å². The Labute approximate surface area is 123 Å². The first kappa shape index (κ1) is 14.6. The smallest absolute Gasteiger partial charge is 0.192 e. The lowest BCUT2D eigenvalue weighted by Gasteiger charge is -2.10. The molecule has 0 fully saturated rings. The van der Waals surface area contributed by atoms with Crippen LogP contribution in [0.2, 0.25) is 0 Å². The van der Waals surface area contributed by atoms with Crippen molar-refractivity contribution in [2.75, 3.05) is 0 Å². The van der Waals surface area contributed by atoms with E-state index in [1.165, 1.54) is 22.9 Å². The summed E-state index contributed by atoms with van der Waals surface area (Å²) in [7, 11) is 0. The monoisotopic (exact) mass is 286 g/mol. The van der Waals surface area contributed by atoms with E-state index in [2.05, 4.69) is 54.4 Å². The molecule has 0 spiro atoms. The van der Waals surface area contributed by atoms with E-state index in [1.807, 2.05) is 11.5 Å². The zero-order valence-electron chi connectivity index (χ0n) is 12.0. The highest BCUT2D eigenvalue weighted by Gasteiger charge is 2.16. The van der Waals surface area contributed by atoms with Crippen LogP contribution in [0.1, 0.15) is 23.9 Å². The van der Waals surface area contributed by atoms with Gasteiger partial charge in [0.05, 0.1) is 6.07 Å². The molecule has 2 aromatic rings. The van der Waals surface area contributed by atoms with Gasteiger partial charge in [0.15, 0.2) is 5.16 Å². The third kappa shape index (κ3) is 3.40. The van der Waals surface area contributed by atoms with Crippen LogP contribution in [0.25, 0.3) is 0 Å². The van der Waals surface area contributed by atoms with Gasteiger partial charge in [-0.15, -0.1) is 10.2 Å². The van der Waals surface area contributed by atoms with Crippen LogP contribution in [-0.2, 0) is 13.0 Å². The maximum absolute atomic E-state index is 9.35. The fourth-order valence-electron chi connectivity index (χ4n) is 1.99. The second kappa shape index (κ2) is 6.58. The molecule has 1 aromatic heterocycles. The zero-order valence-corrected chi connectivity index (χ0v) is 12.8. The fraction of sp³-hybridized carbons (Fsp3) is 0.400. The van der Waals surface area contributed by atoms with Crippen LogP contribution in [0.3, 0.4) is 0 Å². The molecule has 1 aromatic carbocycles. The Morgan fingerprint density at radius 2 is 1.95 bits per heavy atom. The Bertz CT molecular complexity index is 610. The Morgan fingerprint density at radius 1 is 1.25 bits per heavy atom. The third-order valence-electron chi connectivity index (χ3n) is 3.15. The lowest BCUT2D eigenvalue weighted by molar-refractivity contribution is 0.661. The van der Waals surface area contributed by atoms with E-state index in [9.17, 15) is 5.26 Å². The van der Waals surface area contributed by atoms with Crippen molar-refractivity contribution < 1.29 is 0 Å². The summed E-state index contributed by atoms with van der Waals surface area (Å²) in [5, 5.41) is 18.3. The second-order valence-electron chi connectivity index (χ2n) is 4.70. The summed E-state index contributed by atoms with van der Waals surface area (Å²) >= 11 is 1.49. The van der Waals surface area contributed by atoms with E-state index in [0.29, 0.717) is 0 Å². The molecule has 0 aliphatic carbocycles. The molecule has 2 rings (SSSR count). The average molecular weight is 286 g/mol. The molecule has 1 heterocycles. The Kier molecular flexibility index (Phi) is 4.80. The summed E-state index contributed by atoms with van der Waals surface area (Å²) < 4.78 is 2.03. The zero-order chi connectivity index (χ0) is 14.5. The Morgan fingerprint density at radius 3 is 2.55 bits per heavy atom. The second-order valence-corrected chi connectivity index (χ2v) is 5.87. The highest BCUT2D eigenvalue weighted by atomic mass is 32.2. The number of nitriles is 1. The number of aryl methyl sites for hydroxylation is 2. The minimum atomic E-state index is -0.147. The Balaban J connectivity index is 2.09. The van der Waals surface area contributed by atoms with Crippen molar-refractivity contribution in [2.45, 2.75) is 44.1 Å². The first-order valence-electron chi connectivity index (χ1n) is 6.65. The van der Waals surface area contributed by atoms with Crippen LogP contribution < -0.4 is 0 Å². The molecule has 0 radical (unpaired) electrons. The fourth-order valence-corrected chi connectivity index (χ4v) is 3.05. The van der Waals surface area contributed by atoms with Gasteiger partial charge in [-0.25, -0.2) is 0 Å². The minimum Gasteiger partial charge on any atom is -0.307 e. The molecule has 0 saturated carbocycles. The highest BCUT2D eigenvalue weighted by molar-refractivity contribution is 8.00. The van der Waals surface area contributed by atoms with Crippen LogP contribution in [0.5, 0.6) is 0 Å². The van der Waals surface area contributed by atoms with E-state index in [1.54, 1.807) is 0 Å². The predicted octanol–water partition coefficient (Wildman–Crippen LogP) is 3.14. The SMILES string of the molecule is CCn1c(C)nnc1SC(C#N)Cc1ccc(C)cc1. The summed E-state index contributed by atoms with van der Waals surface area (Å²) in [4.78, 5) is 0. The maximum atomic E-state index is 9.35. The van der Waals surface area contributed by atoms with E-state index in [-0.39, 0.29) is 5.25 Å². The van der Waals surface area contributed by atoms with Gasteiger partial charge in [0, 0.05) is 6.54 Å². The normalized spacial score (nSPS) is 12.1. The van der Waals surface area contributed by atoms with Gasteiger partial charge >= 0.3 is 0 Å². The van der Waals surface area contributed by atoms with Gasteiger partial charge in [-0.2, -0.15) is 5.26 Å². The van der Waals surface area contributed by atoms with Crippen LogP contribution in [0.4, 0.5) is 0 Å². The lowest BCUT2D eigenvalue weighted by atomic mass is 10.1. The summed E-state index contributed by atoms with van der Waals surface area (Å²) in [6.07, 6.45) is 0.719. The number of nitrogens with zero attached hydrogens (tertiary/aromatic N) is 4. The Hall–Kier alpha value is -1.80. The lowest BCUT2D eigenvalue weighted by Crippen LogP contribution is -2.07. The predicted molar refractivity (Wildman–Crippen MR) is 80.6 cm³/mol. The number of benzene rings is 1. The van der Waals surface area contributed by atoms with Crippen molar-refractivity contribution in [1.29, 1.82) is 5.26 Å². The van der Waals surface area contributed by atoms with Crippen molar-refractivity contribution in [1.82, 2.24) is 14.8 Å². The molecular formula is C15H18N4S. The first-order valence-corrected chi connectivity index (χ1v) is 7.53. The molecule has 1 atom stereocenters. The van der Waals surface area contributed by atoms with Crippen molar-refractivity contribution >= 4 is 11.8 Å². The van der Waals surface area contributed by atoms with Gasteiger partial charge < -0.3 is 4.57 Å². The summed E-state index contributed by atoms with van der Waals surface area (Å²) in [5.74, 6) is 0.891. The molecule has 20 heavy (non-hydrogen) atoms. The van der Waals surface area contributed by atoms with Crippen LogP contribution in [0, 0.1) is 25.2 Å². The highest BCUT2D eigenvalue weighted by Crippen LogP contribution is 2.24. The molecule has 0 N–H and O–H groups in total. The minimum absolute atomic E-state index is 0.147. The summed E-state index contributed by atoms with van der Waals surface area (Å²) in [6.45, 7) is 6.88. The van der Waals surface area contributed by atoms with Gasteiger partial charge in [0.2, 0.25) is 0 Å². The van der Waals surface area contributed by atoms with Crippen LogP contribution >= 0.6 is 11.8 Å². The first-order chi connectivity index (χ1) is 9.63. The van der Waals surface area contributed by atoms with Gasteiger partial charge in [0.1, 0.15) is 11.1 Å². The summed E-state index contributed by atoms with van der Waals surface area (Å²) in [6, 6.07) is 10.7. The van der Waals surface area contributed by atoms with Crippen LogP contribution in [-0.4, -0.2) is 20.0 Å². The number of aromatic nitrogens is 3. The topological polar surface area (TPSA) is 54.5 Å². The standard InChI is InChI=1S/C15H18N4S/c1-4-19-12(3)17-18-15(19)20-14(10-16)9-13-7-5-11(2)6-8-13/h5-8,14H,4,9H2,1-3H3. The molecule has 0 saturated heterocycles. The molecule has 0 aliphatic rings. The number of rotatable bonds is 5. The van der Waals surface area contributed by atoms with Gasteiger partial charge in [-0.05, 0) is 32.8 Å². The number of hydrogen-bond acceptors (Lipinski definition) is 4. The molecule has 4 nitrogen and oxygen atoms in total. The molecule has 5 heteroatoms. The maximum Gasteiger partial charge on any atom is 0.192 e. The molecule has 0 aliphatic heterocycles. The average Bonchev–Trinajstić information content (AvgIpc) is 2.80. The molecule has 0 bridgehead atoms. The van der Waals surface area contributed by atoms with Gasteiger partial charge in [-0.3, -0.25) is 0 Å². The number of thioether (sulfide) groups is 1. The van der Waals surface area contributed by atoms with E-state index < -0.39 is 0 Å². The van der Waals surface area contributed by atoms with E-state index in [4.69, 9.17) is 0 Å². The summed E-state index contributed by atoms with van der Waals surface area (Å²) in [5.41, 5.74) is 2.41. The van der Waals surface area contributed by atoms with Crippen LogP contribution in [0.15, 0.2) is 29.4 Å². The van der Waals surface area contributed by atoms with Gasteiger partial charge in [0.25, 0.3) is 0 Å². The molecule has 104 valence electrons. The largest absolute Gasteiger partial charge is 0.307 e. The number of hydrogen-bond donors (Lipinski definition) is 0. The van der Waals surface area contributed by atoms with Gasteiger partial charge in [-0.1, -0.05) is 41.6 Å². The van der Waals surface area contributed by atoms with Crippen molar-refractivity contribution in [3.05, 3.63) is 41.2 Å². The molecular weight excluding hydrogens is 268 g/mol. The molecule has 0 amide bonds. The quantitative estimate of drug-likeness (QED) is 0.792. The molecule has 1 unspecified atom stereocenters. The third-order valence-corrected chi connectivity index (χ3v) is 4.22. The van der Waals surface area contributed by atoms with E-state index in [0.717, 1.165) is 23.9 Å².